The third kappa shape index (κ3) is 4.88. The zero-order valence-electron chi connectivity index (χ0n) is 21.6. The lowest BCUT2D eigenvalue weighted by atomic mass is 9.86. The van der Waals surface area contributed by atoms with Gasteiger partial charge in [0.1, 0.15) is 0 Å². The van der Waals surface area contributed by atoms with E-state index in [0.29, 0.717) is 51.8 Å². The third-order valence-electron chi connectivity index (χ3n) is 8.14. The first-order chi connectivity index (χ1) is 17.6. The number of unbranched alkanes of at least 4 members (excludes halogenated alkanes) is 1. The van der Waals surface area contributed by atoms with Gasteiger partial charge in [0.15, 0.2) is 5.82 Å². The molecular formula is C27H39N5O4. The van der Waals surface area contributed by atoms with Crippen LogP contribution in [0.1, 0.15) is 43.2 Å². The Morgan fingerprint density at radius 2 is 2.03 bits per heavy atom. The minimum atomic E-state index is -0.0407. The Kier molecular flexibility index (Phi) is 7.60. The van der Waals surface area contributed by atoms with Crippen LogP contribution in [-0.2, 0) is 20.8 Å². The maximum atomic E-state index is 13.9. The molecule has 2 saturated heterocycles. The fourth-order valence-corrected chi connectivity index (χ4v) is 6.14. The normalized spacial score (nSPS) is 25.9. The molecular weight excluding hydrogens is 458 g/mol. The number of methoxy groups -OCH3 is 1. The number of amides is 2. The highest BCUT2D eigenvalue weighted by Crippen LogP contribution is 2.55. The van der Waals surface area contributed by atoms with E-state index in [1.165, 1.54) is 0 Å². The van der Waals surface area contributed by atoms with Crippen LogP contribution in [-0.4, -0.2) is 96.9 Å². The molecule has 3 atom stereocenters. The molecule has 3 heterocycles. The van der Waals surface area contributed by atoms with Crippen molar-refractivity contribution in [3.05, 3.63) is 30.1 Å². The van der Waals surface area contributed by atoms with Crippen molar-refractivity contribution >= 4 is 22.8 Å². The van der Waals surface area contributed by atoms with Crippen LogP contribution in [0.2, 0.25) is 0 Å². The number of ether oxygens (including phenoxy) is 2. The lowest BCUT2D eigenvalue weighted by Gasteiger charge is -2.36. The molecule has 196 valence electrons. The van der Waals surface area contributed by atoms with Gasteiger partial charge in [-0.15, -0.1) is 0 Å². The number of benzene rings is 1. The van der Waals surface area contributed by atoms with E-state index >= 15 is 0 Å². The van der Waals surface area contributed by atoms with Crippen LogP contribution in [0.15, 0.2) is 24.3 Å². The van der Waals surface area contributed by atoms with Crippen LogP contribution >= 0.6 is 0 Å². The topological polar surface area (TPSA) is 88.9 Å². The van der Waals surface area contributed by atoms with Gasteiger partial charge in [0.05, 0.1) is 30.2 Å². The fraction of sp³-hybridized carbons (Fsp3) is 0.667. The van der Waals surface area contributed by atoms with Crippen LogP contribution in [0.4, 0.5) is 0 Å². The summed E-state index contributed by atoms with van der Waals surface area (Å²) in [6.07, 6.45) is 3.62. The van der Waals surface area contributed by atoms with Crippen LogP contribution in [0, 0.1) is 11.3 Å². The van der Waals surface area contributed by atoms with Gasteiger partial charge in [-0.25, -0.2) is 4.98 Å². The third-order valence-corrected chi connectivity index (χ3v) is 8.14. The highest BCUT2D eigenvalue weighted by molar-refractivity contribution is 5.95. The highest BCUT2D eigenvalue weighted by atomic mass is 16.5. The molecule has 2 aromatic rings. The summed E-state index contributed by atoms with van der Waals surface area (Å²) in [5.41, 5.74) is 1.81. The number of carbonyl (C=O) groups is 2. The zero-order chi connectivity index (χ0) is 25.1. The van der Waals surface area contributed by atoms with Gasteiger partial charge in [0.2, 0.25) is 5.91 Å². The maximum Gasteiger partial charge on any atom is 0.290 e. The minimum Gasteiger partial charge on any atom is -0.385 e. The van der Waals surface area contributed by atoms with Crippen molar-refractivity contribution < 1.29 is 19.1 Å². The molecule has 9 heteroatoms. The van der Waals surface area contributed by atoms with E-state index in [1.54, 1.807) is 7.11 Å². The maximum absolute atomic E-state index is 13.9. The van der Waals surface area contributed by atoms with Crippen molar-refractivity contribution in [2.45, 2.75) is 45.2 Å². The van der Waals surface area contributed by atoms with E-state index in [0.717, 1.165) is 49.8 Å². The van der Waals surface area contributed by atoms with Crippen molar-refractivity contribution in [1.82, 2.24) is 24.7 Å². The Morgan fingerprint density at radius 3 is 2.81 bits per heavy atom. The summed E-state index contributed by atoms with van der Waals surface area (Å²) in [5.74, 6) is 0.690. The zero-order valence-corrected chi connectivity index (χ0v) is 21.6. The second-order valence-corrected chi connectivity index (χ2v) is 10.4. The number of aromatic nitrogens is 2. The fourth-order valence-electron chi connectivity index (χ4n) is 6.14. The summed E-state index contributed by atoms with van der Waals surface area (Å²) < 4.78 is 12.7. The lowest BCUT2D eigenvalue weighted by Crippen LogP contribution is -2.51. The Bertz CT molecular complexity index is 1080. The average molecular weight is 498 g/mol. The number of hydrogen-bond acceptors (Lipinski definition) is 6. The number of imidazole rings is 1. The minimum absolute atomic E-state index is 0.0102. The Hall–Kier alpha value is -2.49. The van der Waals surface area contributed by atoms with Gasteiger partial charge in [-0.2, -0.15) is 0 Å². The SMILES string of the molecule is CCN(C(=O)c1nc2ccccc2n1CCCCOC)C1CC12CNC[C@H](C(=O)N1CCOCC1)C2. The highest BCUT2D eigenvalue weighted by Gasteiger charge is 2.60. The molecule has 1 N–H and O–H groups in total. The smallest absolute Gasteiger partial charge is 0.290 e. The molecule has 1 spiro atoms. The summed E-state index contributed by atoms with van der Waals surface area (Å²) in [6, 6.07) is 8.10. The Labute approximate surface area is 213 Å². The van der Waals surface area contributed by atoms with E-state index in [-0.39, 0.29) is 29.2 Å². The predicted octanol–water partition coefficient (Wildman–Crippen LogP) is 2.15. The molecule has 1 aromatic heterocycles. The van der Waals surface area contributed by atoms with Crippen molar-refractivity contribution in [3.63, 3.8) is 0 Å². The molecule has 36 heavy (non-hydrogen) atoms. The number of piperidine rings is 1. The van der Waals surface area contributed by atoms with Gasteiger partial charge in [-0.3, -0.25) is 9.59 Å². The number of hydrogen-bond donors (Lipinski definition) is 1. The summed E-state index contributed by atoms with van der Waals surface area (Å²) in [4.78, 5) is 35.8. The molecule has 5 rings (SSSR count). The van der Waals surface area contributed by atoms with Gasteiger partial charge in [-0.1, -0.05) is 12.1 Å². The quantitative estimate of drug-likeness (QED) is 0.534. The molecule has 1 saturated carbocycles. The standard InChI is InChI=1S/C27H39N5O4/c1-3-31(23-17-27(23)16-20(18-28-19-27)25(33)30-11-14-36-15-12-30)26(34)24-29-21-8-4-5-9-22(21)32(24)10-6-7-13-35-2/h4-5,8-9,20,23,28H,3,6-7,10-19H2,1-2H3/t20-,23?,27?/m1/s1. The molecule has 2 unspecified atom stereocenters. The summed E-state index contributed by atoms with van der Waals surface area (Å²) in [6.45, 7) is 8.24. The van der Waals surface area contributed by atoms with E-state index in [9.17, 15) is 9.59 Å². The molecule has 2 amide bonds. The molecule has 3 aliphatic rings. The van der Waals surface area contributed by atoms with E-state index < -0.39 is 0 Å². The van der Waals surface area contributed by atoms with E-state index in [1.807, 2.05) is 41.0 Å². The number of nitrogens with one attached hydrogen (secondary N) is 1. The first-order valence-electron chi connectivity index (χ1n) is 13.4. The number of rotatable bonds is 9. The number of nitrogens with zero attached hydrogens (tertiary/aromatic N) is 4. The van der Waals surface area contributed by atoms with Gasteiger partial charge in [0.25, 0.3) is 5.91 Å². The number of fused-ring (bicyclic) bond motifs is 1. The van der Waals surface area contributed by atoms with E-state index in [2.05, 4.69) is 9.88 Å². The number of carbonyl (C=O) groups excluding carboxylic acids is 2. The molecule has 1 aromatic carbocycles. The summed E-state index contributed by atoms with van der Waals surface area (Å²) in [7, 11) is 1.71. The molecule has 2 aliphatic heterocycles. The van der Waals surface area contributed by atoms with Crippen LogP contribution in [0.3, 0.4) is 0 Å². The molecule has 9 nitrogen and oxygen atoms in total. The van der Waals surface area contributed by atoms with Gasteiger partial charge in [0, 0.05) is 64.4 Å². The second kappa shape index (κ2) is 10.9. The first kappa shape index (κ1) is 25.2. The Morgan fingerprint density at radius 1 is 1.22 bits per heavy atom. The van der Waals surface area contributed by atoms with Crippen molar-refractivity contribution in [2.24, 2.45) is 11.3 Å². The predicted molar refractivity (Wildman–Crippen MR) is 137 cm³/mol. The second-order valence-electron chi connectivity index (χ2n) is 10.4. The number of para-hydroxylation sites is 2. The monoisotopic (exact) mass is 497 g/mol. The number of aryl methyl sites for hydroxylation is 1. The summed E-state index contributed by atoms with van der Waals surface area (Å²) in [5, 5.41) is 3.52. The molecule has 0 radical (unpaired) electrons. The summed E-state index contributed by atoms with van der Waals surface area (Å²) >= 11 is 0. The average Bonchev–Trinajstić information content (AvgIpc) is 3.44. The molecule has 1 aliphatic carbocycles. The lowest BCUT2D eigenvalue weighted by molar-refractivity contribution is -0.141. The van der Waals surface area contributed by atoms with Crippen molar-refractivity contribution in [3.8, 4) is 0 Å². The number of morpholine rings is 1. The van der Waals surface area contributed by atoms with Crippen LogP contribution < -0.4 is 5.32 Å². The first-order valence-corrected chi connectivity index (χ1v) is 13.4. The molecule has 3 fully saturated rings. The van der Waals surface area contributed by atoms with Gasteiger partial charge < -0.3 is 29.2 Å². The van der Waals surface area contributed by atoms with Crippen molar-refractivity contribution in [1.29, 1.82) is 0 Å². The van der Waals surface area contributed by atoms with Crippen molar-refractivity contribution in [2.75, 3.05) is 59.7 Å². The van der Waals surface area contributed by atoms with Crippen LogP contribution in [0.25, 0.3) is 11.0 Å². The van der Waals surface area contributed by atoms with Gasteiger partial charge >= 0.3 is 0 Å². The van der Waals surface area contributed by atoms with Crippen LogP contribution in [0.5, 0.6) is 0 Å². The van der Waals surface area contributed by atoms with Gasteiger partial charge in [-0.05, 0) is 44.7 Å². The largest absolute Gasteiger partial charge is 0.385 e. The van der Waals surface area contributed by atoms with E-state index in [4.69, 9.17) is 14.5 Å². The molecule has 0 bridgehead atoms. The Balaban J connectivity index is 1.32.